The van der Waals surface area contributed by atoms with E-state index in [1.165, 1.54) is 19.5 Å². The maximum Gasteiger partial charge on any atom is 0.232 e. The number of rotatable bonds is 2. The number of methoxy groups -OCH3 is 1. The molecule has 3 N–H and O–H groups in total. The van der Waals surface area contributed by atoms with Crippen LogP contribution in [0.3, 0.4) is 0 Å². The van der Waals surface area contributed by atoms with Crippen LogP contribution < -0.4 is 10.5 Å². The smallest absolute Gasteiger partial charge is 0.232 e. The van der Waals surface area contributed by atoms with E-state index in [0.29, 0.717) is 11.6 Å². The molecule has 0 aliphatic carbocycles. The van der Waals surface area contributed by atoms with Crippen LogP contribution in [0.25, 0.3) is 0 Å². The monoisotopic (exact) mass is 188 g/mol. The summed E-state index contributed by atoms with van der Waals surface area (Å²) in [6.07, 6.45) is 2.80. The molecule has 0 fully saturated rings. The Morgan fingerprint density at radius 2 is 2.17 bits per heavy atom. The largest absolute Gasteiger partial charge is 0.480 e. The van der Waals surface area contributed by atoms with Crippen LogP contribution >= 0.6 is 12.4 Å². The van der Waals surface area contributed by atoms with E-state index < -0.39 is 0 Å². The SMILES string of the molecule is COc1cnc(C(=N)N)cn1.Cl. The van der Waals surface area contributed by atoms with Crippen molar-refractivity contribution in [1.82, 2.24) is 9.97 Å². The third-order valence-corrected chi connectivity index (χ3v) is 1.11. The van der Waals surface area contributed by atoms with Crippen LogP contribution in [0.15, 0.2) is 12.4 Å². The number of aromatic nitrogens is 2. The summed E-state index contributed by atoms with van der Waals surface area (Å²) < 4.78 is 4.76. The van der Waals surface area contributed by atoms with E-state index in [1.54, 1.807) is 0 Å². The van der Waals surface area contributed by atoms with Crippen molar-refractivity contribution < 1.29 is 4.74 Å². The molecule has 0 aromatic carbocycles. The Bertz CT molecular complexity index is 261. The fraction of sp³-hybridized carbons (Fsp3) is 0.167. The predicted octanol–water partition coefficient (Wildman–Crippen LogP) is 0.191. The van der Waals surface area contributed by atoms with Gasteiger partial charge in [-0.1, -0.05) is 0 Å². The van der Waals surface area contributed by atoms with Gasteiger partial charge in [-0.2, -0.15) is 0 Å². The Balaban J connectivity index is 0.00000121. The molecule has 0 aliphatic heterocycles. The van der Waals surface area contributed by atoms with Crippen LogP contribution in [0.2, 0.25) is 0 Å². The van der Waals surface area contributed by atoms with E-state index in [9.17, 15) is 0 Å². The van der Waals surface area contributed by atoms with Gasteiger partial charge in [-0.15, -0.1) is 12.4 Å². The molecule has 0 saturated heterocycles. The van der Waals surface area contributed by atoms with E-state index in [-0.39, 0.29) is 18.2 Å². The number of amidine groups is 1. The standard InChI is InChI=1S/C6H8N4O.ClH/c1-11-5-3-9-4(2-10-5)6(7)8;/h2-3H,1H3,(H3,7,8);1H. The van der Waals surface area contributed by atoms with E-state index in [2.05, 4.69) is 9.97 Å². The highest BCUT2D eigenvalue weighted by Gasteiger charge is 1.98. The first-order valence-electron chi connectivity index (χ1n) is 2.94. The number of ether oxygens (including phenoxy) is 1. The Kier molecular flexibility index (Phi) is 3.99. The zero-order valence-corrected chi connectivity index (χ0v) is 7.26. The first kappa shape index (κ1) is 10.6. The van der Waals surface area contributed by atoms with Gasteiger partial charge >= 0.3 is 0 Å². The molecule has 0 saturated carbocycles. The van der Waals surface area contributed by atoms with Crippen LogP contribution in [0, 0.1) is 5.41 Å². The van der Waals surface area contributed by atoms with Gasteiger partial charge in [0.2, 0.25) is 5.88 Å². The summed E-state index contributed by atoms with van der Waals surface area (Å²) in [5, 5.41) is 7.00. The minimum atomic E-state index is -0.0971. The van der Waals surface area contributed by atoms with Gasteiger partial charge in [0, 0.05) is 0 Å². The number of hydrogen-bond donors (Lipinski definition) is 2. The lowest BCUT2D eigenvalue weighted by Crippen LogP contribution is -2.13. The lowest BCUT2D eigenvalue weighted by atomic mass is 10.4. The summed E-state index contributed by atoms with van der Waals surface area (Å²) in [6, 6.07) is 0. The lowest BCUT2D eigenvalue weighted by molar-refractivity contribution is 0.395. The molecule has 12 heavy (non-hydrogen) atoms. The zero-order valence-electron chi connectivity index (χ0n) is 6.44. The van der Waals surface area contributed by atoms with Crippen LogP contribution in [-0.4, -0.2) is 22.9 Å². The molecule has 1 rings (SSSR count). The first-order chi connectivity index (χ1) is 5.24. The molecular formula is C6H9ClN4O. The molecule has 1 aromatic rings. The Morgan fingerprint density at radius 3 is 2.50 bits per heavy atom. The van der Waals surface area contributed by atoms with E-state index in [1.807, 2.05) is 0 Å². The van der Waals surface area contributed by atoms with E-state index >= 15 is 0 Å². The molecular weight excluding hydrogens is 180 g/mol. The van der Waals surface area contributed by atoms with Gasteiger partial charge in [-0.05, 0) is 0 Å². The van der Waals surface area contributed by atoms with Crippen LogP contribution in [-0.2, 0) is 0 Å². The number of nitrogen functional groups attached to an aromatic ring is 1. The molecule has 1 aromatic heterocycles. The van der Waals surface area contributed by atoms with Gasteiger partial charge in [-0.25, -0.2) is 9.97 Å². The molecule has 0 radical (unpaired) electrons. The van der Waals surface area contributed by atoms with Crippen LogP contribution in [0.4, 0.5) is 0 Å². The summed E-state index contributed by atoms with van der Waals surface area (Å²) in [6.45, 7) is 0. The van der Waals surface area contributed by atoms with Gasteiger partial charge in [-0.3, -0.25) is 5.41 Å². The first-order valence-corrected chi connectivity index (χ1v) is 2.94. The second-order valence-corrected chi connectivity index (χ2v) is 1.86. The third kappa shape index (κ3) is 2.35. The average molecular weight is 189 g/mol. The average Bonchev–Trinajstić information content (AvgIpc) is 2.05. The van der Waals surface area contributed by atoms with Crippen molar-refractivity contribution in [3.05, 3.63) is 18.1 Å². The van der Waals surface area contributed by atoms with Crippen molar-refractivity contribution in [1.29, 1.82) is 5.41 Å². The normalized spacial score (nSPS) is 8.42. The van der Waals surface area contributed by atoms with Gasteiger partial charge < -0.3 is 10.5 Å². The fourth-order valence-electron chi connectivity index (χ4n) is 0.561. The topological polar surface area (TPSA) is 84.9 Å². The molecule has 1 heterocycles. The Morgan fingerprint density at radius 1 is 1.50 bits per heavy atom. The summed E-state index contributed by atoms with van der Waals surface area (Å²) in [7, 11) is 1.50. The maximum atomic E-state index is 7.00. The highest BCUT2D eigenvalue weighted by Crippen LogP contribution is 2.01. The van der Waals surface area contributed by atoms with Gasteiger partial charge in [0.1, 0.15) is 11.5 Å². The van der Waals surface area contributed by atoms with Crippen molar-refractivity contribution in [2.24, 2.45) is 5.73 Å². The second kappa shape index (κ2) is 4.50. The molecule has 0 aliphatic rings. The number of nitrogens with two attached hydrogens (primary N) is 1. The van der Waals surface area contributed by atoms with Gasteiger partial charge in [0.25, 0.3) is 0 Å². The molecule has 66 valence electrons. The summed E-state index contributed by atoms with van der Waals surface area (Å²) >= 11 is 0. The zero-order chi connectivity index (χ0) is 8.27. The van der Waals surface area contributed by atoms with Crippen molar-refractivity contribution in [2.75, 3.05) is 7.11 Å². The van der Waals surface area contributed by atoms with Crippen molar-refractivity contribution in [3.8, 4) is 5.88 Å². The Labute approximate surface area is 75.9 Å². The molecule has 5 nitrogen and oxygen atoms in total. The number of nitrogens with one attached hydrogen (secondary N) is 1. The summed E-state index contributed by atoms with van der Waals surface area (Å²) in [4.78, 5) is 7.62. The highest BCUT2D eigenvalue weighted by molar-refractivity contribution is 5.92. The van der Waals surface area contributed by atoms with Gasteiger partial charge in [0.05, 0.1) is 19.5 Å². The number of nitrogens with zero attached hydrogens (tertiary/aromatic N) is 2. The summed E-state index contributed by atoms with van der Waals surface area (Å²) in [5.74, 6) is 0.315. The molecule has 0 spiro atoms. The third-order valence-electron chi connectivity index (χ3n) is 1.11. The second-order valence-electron chi connectivity index (χ2n) is 1.86. The molecule has 0 unspecified atom stereocenters. The minimum absolute atomic E-state index is 0. The quantitative estimate of drug-likeness (QED) is 0.513. The van der Waals surface area contributed by atoms with E-state index in [0.717, 1.165) is 0 Å². The predicted molar refractivity (Wildman–Crippen MR) is 46.8 cm³/mol. The van der Waals surface area contributed by atoms with Crippen LogP contribution in [0.5, 0.6) is 5.88 Å². The fourth-order valence-corrected chi connectivity index (χ4v) is 0.561. The highest BCUT2D eigenvalue weighted by atomic mass is 35.5. The summed E-state index contributed by atoms with van der Waals surface area (Å²) in [5.41, 5.74) is 5.50. The molecule has 0 bridgehead atoms. The number of hydrogen-bond acceptors (Lipinski definition) is 4. The Hall–Kier alpha value is -1.36. The van der Waals surface area contributed by atoms with Crippen molar-refractivity contribution in [2.45, 2.75) is 0 Å². The van der Waals surface area contributed by atoms with E-state index in [4.69, 9.17) is 15.9 Å². The van der Waals surface area contributed by atoms with Crippen molar-refractivity contribution in [3.63, 3.8) is 0 Å². The molecule has 0 atom stereocenters. The minimum Gasteiger partial charge on any atom is -0.480 e. The maximum absolute atomic E-state index is 7.00. The molecule has 6 heteroatoms. The number of halogens is 1. The van der Waals surface area contributed by atoms with Gasteiger partial charge in [0.15, 0.2) is 0 Å². The molecule has 0 amide bonds. The lowest BCUT2D eigenvalue weighted by Gasteiger charge is -1.98. The van der Waals surface area contributed by atoms with Crippen molar-refractivity contribution >= 4 is 18.2 Å². The van der Waals surface area contributed by atoms with Crippen LogP contribution in [0.1, 0.15) is 5.69 Å².